The van der Waals surface area contributed by atoms with Gasteiger partial charge in [0.1, 0.15) is 11.4 Å². The Hall–Kier alpha value is -0.760. The zero-order valence-corrected chi connectivity index (χ0v) is 10.4. The van der Waals surface area contributed by atoms with Gasteiger partial charge in [-0.25, -0.2) is 23.5 Å². The van der Waals surface area contributed by atoms with Gasteiger partial charge in [0.2, 0.25) is 10.0 Å². The number of hydrogen-bond donors (Lipinski definition) is 1. The molecule has 0 amide bonds. The SMILES string of the molecule is COC(c1ncc(Cl)cn1)C(C)S(N)(=O)=O. The third kappa shape index (κ3) is 3.11. The predicted octanol–water partition coefficient (Wildman–Crippen LogP) is 0.495. The lowest BCUT2D eigenvalue weighted by atomic mass is 10.2. The Morgan fingerprint density at radius 3 is 2.31 bits per heavy atom. The number of methoxy groups -OCH3 is 1. The molecule has 1 rings (SSSR count). The molecular weight excluding hydrogens is 254 g/mol. The highest BCUT2D eigenvalue weighted by molar-refractivity contribution is 7.89. The summed E-state index contributed by atoms with van der Waals surface area (Å²) in [7, 11) is -2.35. The van der Waals surface area contributed by atoms with E-state index in [2.05, 4.69) is 9.97 Å². The lowest BCUT2D eigenvalue weighted by molar-refractivity contribution is 0.0948. The van der Waals surface area contributed by atoms with Gasteiger partial charge in [-0.3, -0.25) is 0 Å². The van der Waals surface area contributed by atoms with E-state index in [1.54, 1.807) is 0 Å². The van der Waals surface area contributed by atoms with Crippen molar-refractivity contribution >= 4 is 21.6 Å². The minimum absolute atomic E-state index is 0.230. The van der Waals surface area contributed by atoms with Crippen molar-refractivity contribution in [3.05, 3.63) is 23.2 Å². The number of halogens is 1. The Morgan fingerprint density at radius 1 is 1.44 bits per heavy atom. The number of rotatable bonds is 4. The second-order valence-electron chi connectivity index (χ2n) is 3.21. The van der Waals surface area contributed by atoms with Crippen LogP contribution >= 0.6 is 11.6 Å². The average molecular weight is 266 g/mol. The van der Waals surface area contributed by atoms with E-state index >= 15 is 0 Å². The van der Waals surface area contributed by atoms with E-state index in [4.69, 9.17) is 21.5 Å². The van der Waals surface area contributed by atoms with Crippen LogP contribution in [0.5, 0.6) is 0 Å². The van der Waals surface area contributed by atoms with Gasteiger partial charge in [-0.05, 0) is 6.92 Å². The molecule has 1 aromatic rings. The molecule has 0 spiro atoms. The highest BCUT2D eigenvalue weighted by Crippen LogP contribution is 2.21. The fraction of sp³-hybridized carbons (Fsp3) is 0.500. The second-order valence-corrected chi connectivity index (χ2v) is 5.57. The normalized spacial score (nSPS) is 15.8. The first-order chi connectivity index (χ1) is 7.36. The first-order valence-electron chi connectivity index (χ1n) is 4.38. The number of nitrogens with zero attached hydrogens (tertiary/aromatic N) is 2. The van der Waals surface area contributed by atoms with Crippen molar-refractivity contribution in [3.63, 3.8) is 0 Å². The van der Waals surface area contributed by atoms with Crippen LogP contribution in [0.2, 0.25) is 5.02 Å². The standard InChI is InChI=1S/C8H12ClN3O3S/c1-5(16(10,13)14)7(15-2)8-11-3-6(9)4-12-8/h3-5,7H,1-2H3,(H2,10,13,14). The quantitative estimate of drug-likeness (QED) is 0.855. The van der Waals surface area contributed by atoms with Crippen LogP contribution in [0.15, 0.2) is 12.4 Å². The first kappa shape index (κ1) is 13.3. The second kappa shape index (κ2) is 5.05. The molecule has 0 aliphatic carbocycles. The lowest BCUT2D eigenvalue weighted by Gasteiger charge is -2.19. The van der Waals surface area contributed by atoms with Gasteiger partial charge in [0.15, 0.2) is 5.82 Å². The summed E-state index contributed by atoms with van der Waals surface area (Å²) in [6.45, 7) is 1.43. The number of sulfonamides is 1. The molecule has 0 saturated heterocycles. The monoisotopic (exact) mass is 265 g/mol. The average Bonchev–Trinajstić information content (AvgIpc) is 2.20. The molecule has 8 heteroatoms. The van der Waals surface area contributed by atoms with E-state index < -0.39 is 21.4 Å². The minimum Gasteiger partial charge on any atom is -0.372 e. The molecule has 1 heterocycles. The summed E-state index contributed by atoms with van der Waals surface area (Å²) >= 11 is 5.62. The topological polar surface area (TPSA) is 95.2 Å². The van der Waals surface area contributed by atoms with Gasteiger partial charge in [-0.2, -0.15) is 0 Å². The van der Waals surface area contributed by atoms with Crippen molar-refractivity contribution in [2.45, 2.75) is 18.3 Å². The van der Waals surface area contributed by atoms with Crippen molar-refractivity contribution in [3.8, 4) is 0 Å². The van der Waals surface area contributed by atoms with Gasteiger partial charge in [-0.15, -0.1) is 0 Å². The molecule has 0 fully saturated rings. The minimum atomic E-state index is -3.71. The third-order valence-corrected chi connectivity index (χ3v) is 3.57. The maximum Gasteiger partial charge on any atom is 0.214 e. The van der Waals surface area contributed by atoms with Gasteiger partial charge >= 0.3 is 0 Å². The van der Waals surface area contributed by atoms with E-state index in [9.17, 15) is 8.42 Å². The van der Waals surface area contributed by atoms with E-state index in [1.807, 2.05) is 0 Å². The van der Waals surface area contributed by atoms with Gasteiger partial charge in [0.05, 0.1) is 5.02 Å². The van der Waals surface area contributed by atoms with Crippen molar-refractivity contribution in [1.82, 2.24) is 9.97 Å². The van der Waals surface area contributed by atoms with Crippen LogP contribution in [-0.4, -0.2) is 30.7 Å². The summed E-state index contributed by atoms with van der Waals surface area (Å²) in [6, 6.07) is 0. The van der Waals surface area contributed by atoms with Crippen molar-refractivity contribution in [2.75, 3.05) is 7.11 Å². The maximum atomic E-state index is 11.2. The first-order valence-corrected chi connectivity index (χ1v) is 6.37. The summed E-state index contributed by atoms with van der Waals surface area (Å²) in [5, 5.41) is 4.46. The van der Waals surface area contributed by atoms with Crippen molar-refractivity contribution in [1.29, 1.82) is 0 Å². The molecule has 0 bridgehead atoms. The number of aromatic nitrogens is 2. The van der Waals surface area contributed by atoms with Crippen LogP contribution < -0.4 is 5.14 Å². The smallest absolute Gasteiger partial charge is 0.214 e. The molecule has 16 heavy (non-hydrogen) atoms. The van der Waals surface area contributed by atoms with Crippen LogP contribution in [0.25, 0.3) is 0 Å². The molecule has 2 N–H and O–H groups in total. The van der Waals surface area contributed by atoms with Crippen LogP contribution in [0.4, 0.5) is 0 Å². The largest absolute Gasteiger partial charge is 0.372 e. The summed E-state index contributed by atoms with van der Waals surface area (Å²) < 4.78 is 27.4. The molecule has 1 aromatic heterocycles. The Kier molecular flexibility index (Phi) is 4.20. The van der Waals surface area contributed by atoms with Gasteiger partial charge in [0.25, 0.3) is 0 Å². The summed E-state index contributed by atoms with van der Waals surface area (Å²) in [5.41, 5.74) is 0. The van der Waals surface area contributed by atoms with Crippen LogP contribution in [-0.2, 0) is 14.8 Å². The Bertz CT molecular complexity index is 448. The Labute approximate surface area is 98.8 Å². The van der Waals surface area contributed by atoms with Crippen molar-refractivity contribution in [2.24, 2.45) is 5.14 Å². The highest BCUT2D eigenvalue weighted by atomic mass is 35.5. The molecule has 90 valence electrons. The van der Waals surface area contributed by atoms with Gasteiger partial charge in [0, 0.05) is 19.5 Å². The van der Waals surface area contributed by atoms with Gasteiger partial charge in [-0.1, -0.05) is 11.6 Å². The molecule has 0 aliphatic rings. The Morgan fingerprint density at radius 2 is 1.94 bits per heavy atom. The predicted molar refractivity (Wildman–Crippen MR) is 59.4 cm³/mol. The maximum absolute atomic E-state index is 11.2. The number of primary sulfonamides is 1. The van der Waals surface area contributed by atoms with Crippen LogP contribution in [0, 0.1) is 0 Å². The fourth-order valence-corrected chi connectivity index (χ4v) is 1.82. The van der Waals surface area contributed by atoms with Crippen LogP contribution in [0.3, 0.4) is 0 Å². The molecule has 2 atom stereocenters. The molecule has 0 aromatic carbocycles. The van der Waals surface area contributed by atoms with Gasteiger partial charge < -0.3 is 4.74 Å². The van der Waals surface area contributed by atoms with E-state index in [0.717, 1.165) is 0 Å². The number of nitrogens with two attached hydrogens (primary N) is 1. The highest BCUT2D eigenvalue weighted by Gasteiger charge is 2.30. The molecule has 6 nitrogen and oxygen atoms in total. The zero-order chi connectivity index (χ0) is 12.3. The molecule has 0 radical (unpaired) electrons. The van der Waals surface area contributed by atoms with Crippen LogP contribution in [0.1, 0.15) is 18.9 Å². The molecular formula is C8H12ClN3O3S. The summed E-state index contributed by atoms with van der Waals surface area (Å²) in [4.78, 5) is 7.79. The Balaban J connectivity index is 3.03. The molecule has 2 unspecified atom stereocenters. The summed E-state index contributed by atoms with van der Waals surface area (Å²) in [5.74, 6) is 0.230. The molecule has 0 saturated carbocycles. The lowest BCUT2D eigenvalue weighted by Crippen LogP contribution is -2.33. The third-order valence-electron chi connectivity index (χ3n) is 2.09. The fourth-order valence-electron chi connectivity index (χ4n) is 1.15. The van der Waals surface area contributed by atoms with E-state index in [1.165, 1.54) is 26.4 Å². The van der Waals surface area contributed by atoms with E-state index in [0.29, 0.717) is 5.02 Å². The number of ether oxygens (including phenoxy) is 1. The van der Waals surface area contributed by atoms with Crippen molar-refractivity contribution < 1.29 is 13.2 Å². The van der Waals surface area contributed by atoms with E-state index in [-0.39, 0.29) is 5.82 Å². The summed E-state index contributed by atoms with van der Waals surface area (Å²) in [6.07, 6.45) is 1.92. The zero-order valence-electron chi connectivity index (χ0n) is 8.79. The molecule has 0 aliphatic heterocycles. The number of hydrogen-bond acceptors (Lipinski definition) is 5.